The zero-order valence-corrected chi connectivity index (χ0v) is 14.9. The van der Waals surface area contributed by atoms with E-state index in [4.69, 9.17) is 16.3 Å². The maximum atomic E-state index is 12.5. The van der Waals surface area contributed by atoms with Crippen LogP contribution in [-0.2, 0) is 10.0 Å². The molecule has 0 aliphatic heterocycles. The van der Waals surface area contributed by atoms with E-state index in [0.717, 1.165) is 4.68 Å². The first-order valence-corrected chi connectivity index (χ1v) is 9.04. The van der Waals surface area contributed by atoms with E-state index in [1.807, 2.05) is 0 Å². The highest BCUT2D eigenvalue weighted by molar-refractivity contribution is 7.92. The molecule has 0 fully saturated rings. The summed E-state index contributed by atoms with van der Waals surface area (Å²) in [5, 5.41) is 4.68. The normalized spacial score (nSPS) is 11.5. The molecule has 9 heteroatoms. The number of nitrogens with zero attached hydrogens (tertiary/aromatic N) is 2. The topological polar surface area (TPSA) is 90.3 Å². The van der Waals surface area contributed by atoms with Crippen LogP contribution in [0.5, 0.6) is 5.75 Å². The number of methoxy groups -OCH3 is 1. The van der Waals surface area contributed by atoms with Crippen LogP contribution in [0.15, 0.2) is 47.4 Å². The van der Waals surface area contributed by atoms with E-state index in [9.17, 15) is 13.2 Å². The molecule has 3 rings (SSSR count). The number of aromatic nitrogens is 2. The van der Waals surface area contributed by atoms with Crippen molar-refractivity contribution in [1.82, 2.24) is 9.78 Å². The average molecular weight is 380 g/mol. The van der Waals surface area contributed by atoms with E-state index in [2.05, 4.69) is 9.82 Å². The lowest BCUT2D eigenvalue weighted by atomic mass is 10.2. The summed E-state index contributed by atoms with van der Waals surface area (Å²) < 4.78 is 33.6. The van der Waals surface area contributed by atoms with Crippen molar-refractivity contribution < 1.29 is 17.9 Å². The summed E-state index contributed by atoms with van der Waals surface area (Å²) in [4.78, 5) is 11.7. The van der Waals surface area contributed by atoms with Gasteiger partial charge in [0.15, 0.2) is 5.15 Å². The molecule has 0 aliphatic carbocycles. The Morgan fingerprint density at radius 3 is 2.48 bits per heavy atom. The van der Waals surface area contributed by atoms with Gasteiger partial charge in [-0.3, -0.25) is 9.52 Å². The Balaban J connectivity index is 1.98. The number of hydrogen-bond donors (Lipinski definition) is 1. The summed E-state index contributed by atoms with van der Waals surface area (Å²) in [6.07, 6.45) is 0. The minimum atomic E-state index is -3.79. The fraction of sp³-hybridized carbons (Fsp3) is 0.125. The number of anilines is 1. The maximum Gasteiger partial charge on any atom is 0.261 e. The van der Waals surface area contributed by atoms with E-state index in [-0.39, 0.29) is 16.0 Å². The third-order valence-electron chi connectivity index (χ3n) is 3.56. The summed E-state index contributed by atoms with van der Waals surface area (Å²) >= 11 is 6.00. The molecule has 130 valence electrons. The van der Waals surface area contributed by atoms with Crippen LogP contribution in [0.2, 0.25) is 5.15 Å². The molecule has 0 atom stereocenters. The van der Waals surface area contributed by atoms with Crippen molar-refractivity contribution in [1.29, 1.82) is 0 Å². The largest absolute Gasteiger partial charge is 0.497 e. The number of carbonyl (C=O) groups is 1. The van der Waals surface area contributed by atoms with Crippen LogP contribution in [-0.4, -0.2) is 31.2 Å². The first kappa shape index (κ1) is 17.2. The summed E-state index contributed by atoms with van der Waals surface area (Å²) in [7, 11) is -2.29. The first-order valence-electron chi connectivity index (χ1n) is 7.18. The molecule has 3 aromatic rings. The summed E-state index contributed by atoms with van der Waals surface area (Å²) in [5.74, 6) is 0.229. The number of rotatable bonds is 4. The molecule has 0 spiro atoms. The highest BCUT2D eigenvalue weighted by atomic mass is 35.5. The number of carbonyl (C=O) groups excluding carboxylic acids is 1. The summed E-state index contributed by atoms with van der Waals surface area (Å²) in [6, 6.07) is 10.7. The molecule has 0 bridgehead atoms. The maximum absolute atomic E-state index is 12.5. The molecular weight excluding hydrogens is 366 g/mol. The van der Waals surface area contributed by atoms with Crippen LogP contribution in [0.1, 0.15) is 11.7 Å². The van der Waals surface area contributed by atoms with E-state index in [1.165, 1.54) is 32.2 Å². The molecule has 0 saturated heterocycles. The Labute approximate surface area is 149 Å². The highest BCUT2D eigenvalue weighted by Gasteiger charge is 2.17. The molecule has 7 nitrogen and oxygen atoms in total. The van der Waals surface area contributed by atoms with Crippen LogP contribution in [0.3, 0.4) is 0 Å². The Morgan fingerprint density at radius 1 is 1.20 bits per heavy atom. The van der Waals surface area contributed by atoms with Gasteiger partial charge < -0.3 is 4.74 Å². The lowest BCUT2D eigenvalue weighted by Crippen LogP contribution is -2.13. The van der Waals surface area contributed by atoms with Crippen molar-refractivity contribution in [3.8, 4) is 5.75 Å². The second kappa shape index (κ2) is 6.38. The smallest absolute Gasteiger partial charge is 0.261 e. The van der Waals surface area contributed by atoms with Crippen LogP contribution >= 0.6 is 11.6 Å². The fourth-order valence-corrected chi connectivity index (χ4v) is 3.63. The molecule has 1 N–H and O–H groups in total. The predicted octanol–water partition coefficient (Wildman–Crippen LogP) is 3.16. The molecular formula is C16H14ClN3O4S. The van der Waals surface area contributed by atoms with Gasteiger partial charge in [-0.25, -0.2) is 8.42 Å². The number of fused-ring (bicyclic) bond motifs is 1. The van der Waals surface area contributed by atoms with Gasteiger partial charge in [-0.2, -0.15) is 9.78 Å². The van der Waals surface area contributed by atoms with Gasteiger partial charge >= 0.3 is 0 Å². The van der Waals surface area contributed by atoms with E-state index in [1.54, 1.807) is 24.3 Å². The van der Waals surface area contributed by atoms with E-state index < -0.39 is 10.0 Å². The van der Waals surface area contributed by atoms with Crippen molar-refractivity contribution in [3.05, 3.63) is 47.6 Å². The van der Waals surface area contributed by atoms with Gasteiger partial charge in [0.25, 0.3) is 10.0 Å². The Morgan fingerprint density at radius 2 is 1.88 bits per heavy atom. The van der Waals surface area contributed by atoms with Gasteiger partial charge in [-0.05, 0) is 42.5 Å². The Bertz CT molecular complexity index is 1060. The second-order valence-corrected chi connectivity index (χ2v) is 7.28. The number of nitrogens with one attached hydrogen (secondary N) is 1. The molecule has 0 aliphatic rings. The molecule has 0 amide bonds. The molecule has 25 heavy (non-hydrogen) atoms. The standard InChI is InChI=1S/C16H14ClN3O4S/c1-10(21)20-15-9-11(3-8-14(15)16(17)18-20)19-25(22,23)13-6-4-12(24-2)5-7-13/h3-9,19H,1-2H3. The van der Waals surface area contributed by atoms with Crippen molar-refractivity contribution in [3.63, 3.8) is 0 Å². The molecule has 2 aromatic carbocycles. The van der Waals surface area contributed by atoms with Crippen molar-refractivity contribution >= 4 is 44.1 Å². The third-order valence-corrected chi connectivity index (χ3v) is 5.23. The monoisotopic (exact) mass is 379 g/mol. The molecule has 1 heterocycles. The zero-order chi connectivity index (χ0) is 18.2. The Hall–Kier alpha value is -2.58. The lowest BCUT2D eigenvalue weighted by Gasteiger charge is -2.09. The van der Waals surface area contributed by atoms with Gasteiger partial charge in [0.2, 0.25) is 5.91 Å². The number of sulfonamides is 1. The SMILES string of the molecule is COc1ccc(S(=O)(=O)Nc2ccc3c(Cl)nn(C(C)=O)c3c2)cc1. The highest BCUT2D eigenvalue weighted by Crippen LogP contribution is 2.27. The van der Waals surface area contributed by atoms with Crippen LogP contribution < -0.4 is 9.46 Å². The van der Waals surface area contributed by atoms with Gasteiger partial charge in [-0.1, -0.05) is 11.6 Å². The number of hydrogen-bond acceptors (Lipinski definition) is 5. The van der Waals surface area contributed by atoms with Gasteiger partial charge in [0.05, 0.1) is 23.2 Å². The van der Waals surface area contributed by atoms with Crippen molar-refractivity contribution in [2.45, 2.75) is 11.8 Å². The second-order valence-electron chi connectivity index (χ2n) is 5.23. The van der Waals surface area contributed by atoms with Crippen molar-refractivity contribution in [2.75, 3.05) is 11.8 Å². The average Bonchev–Trinajstić information content (AvgIpc) is 2.91. The minimum Gasteiger partial charge on any atom is -0.497 e. The predicted molar refractivity (Wildman–Crippen MR) is 94.8 cm³/mol. The van der Waals surface area contributed by atoms with Gasteiger partial charge in [0.1, 0.15) is 5.75 Å². The Kier molecular flexibility index (Phi) is 4.40. The minimum absolute atomic E-state index is 0.0894. The summed E-state index contributed by atoms with van der Waals surface area (Å²) in [6.45, 7) is 1.34. The van der Waals surface area contributed by atoms with Crippen molar-refractivity contribution in [2.24, 2.45) is 0 Å². The summed E-state index contributed by atoms with van der Waals surface area (Å²) in [5.41, 5.74) is 0.717. The van der Waals surface area contributed by atoms with Gasteiger partial charge in [-0.15, -0.1) is 0 Å². The van der Waals surface area contributed by atoms with Gasteiger partial charge in [0, 0.05) is 12.3 Å². The van der Waals surface area contributed by atoms with Crippen LogP contribution in [0, 0.1) is 0 Å². The first-order chi connectivity index (χ1) is 11.8. The quantitative estimate of drug-likeness (QED) is 0.751. The number of halogens is 1. The van der Waals surface area contributed by atoms with Crippen LogP contribution in [0.4, 0.5) is 5.69 Å². The van der Waals surface area contributed by atoms with E-state index in [0.29, 0.717) is 22.3 Å². The van der Waals surface area contributed by atoms with E-state index >= 15 is 0 Å². The molecule has 0 radical (unpaired) electrons. The lowest BCUT2D eigenvalue weighted by molar-refractivity contribution is 0.0927. The zero-order valence-electron chi connectivity index (χ0n) is 13.4. The fourth-order valence-electron chi connectivity index (χ4n) is 2.35. The number of benzene rings is 2. The molecule has 0 unspecified atom stereocenters. The third kappa shape index (κ3) is 3.31. The number of ether oxygens (including phenoxy) is 1. The molecule has 0 saturated carbocycles. The molecule has 1 aromatic heterocycles. The van der Waals surface area contributed by atoms with Crippen LogP contribution in [0.25, 0.3) is 10.9 Å².